The van der Waals surface area contributed by atoms with E-state index in [1.807, 2.05) is 20.8 Å². The van der Waals surface area contributed by atoms with Crippen LogP contribution >= 0.6 is 11.8 Å². The second-order valence-corrected chi connectivity index (χ2v) is 18.0. The lowest BCUT2D eigenvalue weighted by atomic mass is 10.2. The number of ether oxygens (including phenoxy) is 3. The third-order valence-corrected chi connectivity index (χ3v) is 10.1. The molecule has 0 spiro atoms. The van der Waals surface area contributed by atoms with E-state index >= 15 is 0 Å². The van der Waals surface area contributed by atoms with Gasteiger partial charge in [0.25, 0.3) is 5.91 Å². The van der Waals surface area contributed by atoms with Gasteiger partial charge in [0.1, 0.15) is 60.0 Å². The molecule has 1 saturated heterocycles. The van der Waals surface area contributed by atoms with Gasteiger partial charge in [-0.2, -0.15) is 11.8 Å². The van der Waals surface area contributed by atoms with E-state index in [1.165, 1.54) is 37.1 Å². The molecule has 1 aliphatic rings. The minimum Gasteiger partial charge on any atom is -0.464 e. The minimum atomic E-state index is -0.976. The summed E-state index contributed by atoms with van der Waals surface area (Å²) in [5.74, 6) is 0.575. The van der Waals surface area contributed by atoms with Crippen molar-refractivity contribution >= 4 is 29.7 Å². The van der Waals surface area contributed by atoms with Gasteiger partial charge >= 0.3 is 12.1 Å². The molecule has 6 aromatic rings. The maximum absolute atomic E-state index is 13.7. The first kappa shape index (κ1) is 41.9. The standard InChI is InChI=1S/C39H44N8O12S/c1-18-26(33-44-23(15-55-33)35(49)51-11)46-34(58-18)27-19(2)57-31(45-27)24(17-60-38(6,7)8)40-28(48)20-12-52-29(41-20)21-13-53-30(42-21)22-14-54-32(43-22)25-16-56-39(9,10)47(25)36(50)59-37(3,4)5/h12-15,24-25H,16-17H2,1-11H3,(H,40,48)/t24-,25-/m0/s1. The van der Waals surface area contributed by atoms with Crippen LogP contribution in [0.25, 0.3) is 46.3 Å². The highest BCUT2D eigenvalue weighted by atomic mass is 32.2. The van der Waals surface area contributed by atoms with Crippen LogP contribution in [0.1, 0.15) is 112 Å². The number of aryl methyl sites for hydroxylation is 2. The first-order chi connectivity index (χ1) is 28.2. The number of rotatable bonds is 11. The fraction of sp³-hybridized carbons (Fsp3) is 0.462. The van der Waals surface area contributed by atoms with Crippen molar-refractivity contribution < 1.29 is 55.1 Å². The van der Waals surface area contributed by atoms with Crippen LogP contribution in [0.15, 0.2) is 51.6 Å². The maximum atomic E-state index is 13.7. The fourth-order valence-corrected chi connectivity index (χ4v) is 6.84. The van der Waals surface area contributed by atoms with Crippen LogP contribution in [-0.4, -0.2) is 88.3 Å². The zero-order chi connectivity index (χ0) is 43.3. The second kappa shape index (κ2) is 15.8. The highest BCUT2D eigenvalue weighted by Crippen LogP contribution is 2.39. The number of amides is 2. The van der Waals surface area contributed by atoms with Crippen molar-refractivity contribution in [3.05, 3.63) is 59.7 Å². The molecular weight excluding hydrogens is 805 g/mol. The SMILES string of the molecule is COC(=O)c1coc(-c2nc(-c3nc([C@H](CSC(C)(C)C)NC(=O)c4coc(-c5coc(-c6coc([C@@H]7COC(C)(C)N7C(=O)OC(C)(C)C)n6)n5)n4)oc3C)oc2C)n1. The van der Waals surface area contributed by atoms with E-state index in [0.717, 1.165) is 0 Å². The molecule has 1 N–H and O–H groups in total. The Bertz CT molecular complexity index is 2530. The smallest absolute Gasteiger partial charge is 0.413 e. The van der Waals surface area contributed by atoms with E-state index in [9.17, 15) is 14.4 Å². The van der Waals surface area contributed by atoms with Crippen LogP contribution in [-0.2, 0) is 14.2 Å². The van der Waals surface area contributed by atoms with Gasteiger partial charge in [0.15, 0.2) is 34.2 Å². The van der Waals surface area contributed by atoms with Crippen LogP contribution in [0.3, 0.4) is 0 Å². The summed E-state index contributed by atoms with van der Waals surface area (Å²) in [6, 6.07) is -1.39. The van der Waals surface area contributed by atoms with Crippen LogP contribution in [0.4, 0.5) is 4.79 Å². The average molecular weight is 849 g/mol. The van der Waals surface area contributed by atoms with Gasteiger partial charge in [-0.1, -0.05) is 20.8 Å². The summed E-state index contributed by atoms with van der Waals surface area (Å²) >= 11 is 1.59. The van der Waals surface area contributed by atoms with E-state index in [2.05, 4.69) is 35.2 Å². The number of hydrogen-bond acceptors (Lipinski definition) is 19. The van der Waals surface area contributed by atoms with E-state index in [-0.39, 0.29) is 75.2 Å². The fourth-order valence-electron chi connectivity index (χ4n) is 5.95. The number of hydrogen-bond donors (Lipinski definition) is 1. The maximum Gasteiger partial charge on any atom is 0.413 e. The molecule has 20 nitrogen and oxygen atoms in total. The molecule has 1 fully saturated rings. The van der Waals surface area contributed by atoms with Crippen molar-refractivity contribution in [1.29, 1.82) is 0 Å². The molecule has 2 amide bonds. The van der Waals surface area contributed by atoms with E-state index in [4.69, 9.17) is 40.7 Å². The third-order valence-electron chi connectivity index (χ3n) is 8.76. The van der Waals surface area contributed by atoms with Gasteiger partial charge in [-0.05, 0) is 48.5 Å². The molecule has 2 atom stereocenters. The predicted octanol–water partition coefficient (Wildman–Crippen LogP) is 7.73. The number of nitrogens with one attached hydrogen (secondary N) is 1. The molecule has 7 rings (SSSR count). The lowest BCUT2D eigenvalue weighted by Gasteiger charge is -2.34. The van der Waals surface area contributed by atoms with E-state index in [1.54, 1.807) is 60.2 Å². The topological polar surface area (TPSA) is 250 Å². The van der Waals surface area contributed by atoms with Gasteiger partial charge in [-0.25, -0.2) is 39.5 Å². The Hall–Kier alpha value is -6.22. The van der Waals surface area contributed by atoms with Gasteiger partial charge in [-0.15, -0.1) is 0 Å². The summed E-state index contributed by atoms with van der Waals surface area (Å²) in [5.41, 5.74) is -0.768. The number of thioether (sulfide) groups is 1. The molecular formula is C39H44N8O12S. The number of aromatic nitrogens is 6. The summed E-state index contributed by atoms with van der Waals surface area (Å²) in [6.07, 6.45) is 4.45. The summed E-state index contributed by atoms with van der Waals surface area (Å²) < 4.78 is 50.6. The predicted molar refractivity (Wildman–Crippen MR) is 209 cm³/mol. The Labute approximate surface area is 347 Å². The monoisotopic (exact) mass is 848 g/mol. The number of methoxy groups -OCH3 is 1. The van der Waals surface area contributed by atoms with Crippen LogP contribution < -0.4 is 5.32 Å². The molecule has 0 unspecified atom stereocenters. The Morgan fingerprint density at radius 2 is 1.43 bits per heavy atom. The van der Waals surface area contributed by atoms with Crippen molar-refractivity contribution in [2.75, 3.05) is 19.5 Å². The third kappa shape index (κ3) is 8.86. The van der Waals surface area contributed by atoms with Crippen molar-refractivity contribution in [1.82, 2.24) is 40.1 Å². The first-order valence-electron chi connectivity index (χ1n) is 18.7. The van der Waals surface area contributed by atoms with Crippen LogP contribution in [0, 0.1) is 13.8 Å². The van der Waals surface area contributed by atoms with Crippen molar-refractivity contribution in [3.63, 3.8) is 0 Å². The summed E-state index contributed by atoms with van der Waals surface area (Å²) in [7, 11) is 1.24. The number of carbonyl (C=O) groups is 3. The van der Waals surface area contributed by atoms with Crippen molar-refractivity contribution in [2.45, 2.75) is 97.4 Å². The van der Waals surface area contributed by atoms with Gasteiger partial charge in [0, 0.05) is 10.5 Å². The van der Waals surface area contributed by atoms with E-state index < -0.39 is 41.4 Å². The lowest BCUT2D eigenvalue weighted by Crippen LogP contribution is -2.47. The Morgan fingerprint density at radius 3 is 2.15 bits per heavy atom. The van der Waals surface area contributed by atoms with Crippen molar-refractivity contribution in [2.24, 2.45) is 0 Å². The Kier molecular flexibility index (Phi) is 11.0. The first-order valence-corrected chi connectivity index (χ1v) is 19.7. The Morgan fingerprint density at radius 1 is 0.817 bits per heavy atom. The number of oxazole rings is 6. The quantitative estimate of drug-likeness (QED) is 0.122. The Balaban J connectivity index is 1.07. The molecule has 0 aliphatic carbocycles. The van der Waals surface area contributed by atoms with Crippen LogP contribution in [0.2, 0.25) is 0 Å². The molecule has 1 aliphatic heterocycles. The second-order valence-electron chi connectivity index (χ2n) is 16.1. The van der Waals surface area contributed by atoms with Gasteiger partial charge in [0.2, 0.25) is 35.3 Å². The molecule has 21 heteroatoms. The number of nitrogens with zero attached hydrogens (tertiary/aromatic N) is 7. The summed E-state index contributed by atoms with van der Waals surface area (Å²) in [4.78, 5) is 66.9. The van der Waals surface area contributed by atoms with E-state index in [0.29, 0.717) is 23.0 Å². The summed E-state index contributed by atoms with van der Waals surface area (Å²) in [5, 5.41) is 2.96. The largest absolute Gasteiger partial charge is 0.464 e. The highest BCUT2D eigenvalue weighted by Gasteiger charge is 2.48. The van der Waals surface area contributed by atoms with Gasteiger partial charge < -0.3 is 46.0 Å². The molecule has 6 aromatic heterocycles. The van der Waals surface area contributed by atoms with Crippen molar-refractivity contribution in [3.8, 4) is 46.3 Å². The molecule has 0 aromatic carbocycles. The molecule has 0 saturated carbocycles. The normalized spacial score (nSPS) is 16.0. The molecule has 0 radical (unpaired) electrons. The summed E-state index contributed by atoms with van der Waals surface area (Å²) in [6.45, 7) is 18.5. The molecule has 0 bridgehead atoms. The number of esters is 1. The zero-order valence-corrected chi connectivity index (χ0v) is 35.6. The average Bonchev–Trinajstić information content (AvgIpc) is 4.01. The molecule has 318 valence electrons. The lowest BCUT2D eigenvalue weighted by molar-refractivity contribution is -0.0634. The van der Waals surface area contributed by atoms with Gasteiger partial charge in [-0.3, -0.25) is 9.69 Å². The zero-order valence-electron chi connectivity index (χ0n) is 34.8. The van der Waals surface area contributed by atoms with Gasteiger partial charge in [0.05, 0.1) is 13.7 Å². The molecule has 7 heterocycles. The minimum absolute atomic E-state index is 0.00982. The molecule has 60 heavy (non-hydrogen) atoms. The number of carbonyl (C=O) groups excluding carboxylic acids is 3. The van der Waals surface area contributed by atoms with Crippen LogP contribution in [0.5, 0.6) is 0 Å². The highest BCUT2D eigenvalue weighted by molar-refractivity contribution is 8.00.